The van der Waals surface area contributed by atoms with Gasteiger partial charge >= 0.3 is 0 Å². The number of aromatic nitrogens is 2. The van der Waals surface area contributed by atoms with Crippen molar-refractivity contribution >= 4 is 29.1 Å². The van der Waals surface area contributed by atoms with Gasteiger partial charge in [-0.15, -0.1) is 0 Å². The molecule has 0 radical (unpaired) electrons. The number of rotatable bonds is 3. The Bertz CT molecular complexity index is 1160. The zero-order valence-corrected chi connectivity index (χ0v) is 17.6. The smallest absolute Gasteiger partial charge is 0.226 e. The lowest BCUT2D eigenvalue weighted by Gasteiger charge is -2.24. The molecule has 0 aliphatic carbocycles. The molecule has 0 bridgehead atoms. The van der Waals surface area contributed by atoms with Gasteiger partial charge < -0.3 is 5.32 Å². The molecule has 6 heteroatoms. The number of carbonyl (C=O) groups is 2. The van der Waals surface area contributed by atoms with Crippen molar-refractivity contribution in [3.05, 3.63) is 74.9 Å². The van der Waals surface area contributed by atoms with Crippen LogP contribution in [0.3, 0.4) is 0 Å². The summed E-state index contributed by atoms with van der Waals surface area (Å²) in [5.41, 5.74) is 5.71. The highest BCUT2D eigenvalue weighted by molar-refractivity contribution is 6.31. The number of nitrogens with zero attached hydrogens (tertiary/aromatic N) is 2. The average Bonchev–Trinajstić information content (AvgIpc) is 3.01. The minimum atomic E-state index is -0.563. The van der Waals surface area contributed by atoms with E-state index in [0.717, 1.165) is 33.6 Å². The van der Waals surface area contributed by atoms with Crippen LogP contribution in [0.4, 0.5) is 5.82 Å². The summed E-state index contributed by atoms with van der Waals surface area (Å²) in [5.74, 6) is -0.255. The Kier molecular flexibility index (Phi) is 4.79. The van der Waals surface area contributed by atoms with E-state index in [1.54, 1.807) is 4.68 Å². The first-order valence-corrected chi connectivity index (χ1v) is 9.92. The number of fused-ring (bicyclic) bond motifs is 1. The van der Waals surface area contributed by atoms with Gasteiger partial charge in [-0.3, -0.25) is 9.59 Å². The van der Waals surface area contributed by atoms with Gasteiger partial charge in [-0.1, -0.05) is 35.4 Å². The number of halogens is 1. The lowest BCUT2D eigenvalue weighted by atomic mass is 9.84. The first kappa shape index (κ1) is 19.4. The van der Waals surface area contributed by atoms with Gasteiger partial charge in [-0.2, -0.15) is 5.10 Å². The maximum atomic E-state index is 13.5. The summed E-state index contributed by atoms with van der Waals surface area (Å²) < 4.78 is 1.69. The zero-order chi connectivity index (χ0) is 20.9. The van der Waals surface area contributed by atoms with Crippen LogP contribution in [0.25, 0.3) is 5.69 Å². The first-order chi connectivity index (χ1) is 13.8. The first-order valence-electron chi connectivity index (χ1n) is 9.54. The molecule has 29 heavy (non-hydrogen) atoms. The molecule has 3 aromatic rings. The Labute approximate surface area is 174 Å². The Morgan fingerprint density at radius 1 is 1.17 bits per heavy atom. The van der Waals surface area contributed by atoms with E-state index in [4.69, 9.17) is 11.6 Å². The highest BCUT2D eigenvalue weighted by Crippen LogP contribution is 2.39. The maximum absolute atomic E-state index is 13.5. The fraction of sp³-hybridized carbons (Fsp3) is 0.261. The largest absolute Gasteiger partial charge is 0.310 e. The van der Waals surface area contributed by atoms with Gasteiger partial charge in [0.25, 0.3) is 0 Å². The summed E-state index contributed by atoms with van der Waals surface area (Å²) in [6, 6.07) is 11.4. The molecule has 2 heterocycles. The summed E-state index contributed by atoms with van der Waals surface area (Å²) >= 11 is 6.29. The molecular formula is C23H22ClN3O2. The summed E-state index contributed by atoms with van der Waals surface area (Å²) in [7, 11) is 0. The van der Waals surface area contributed by atoms with Gasteiger partial charge in [0.2, 0.25) is 5.91 Å². The molecule has 148 valence electrons. The van der Waals surface area contributed by atoms with Crippen LogP contribution in [-0.4, -0.2) is 21.5 Å². The third-order valence-electron chi connectivity index (χ3n) is 5.54. The number of hydrogen-bond acceptors (Lipinski definition) is 3. The Morgan fingerprint density at radius 2 is 1.93 bits per heavy atom. The fourth-order valence-corrected chi connectivity index (χ4v) is 4.13. The van der Waals surface area contributed by atoms with Crippen molar-refractivity contribution in [2.75, 3.05) is 5.32 Å². The molecule has 0 unspecified atom stereocenters. The van der Waals surface area contributed by atoms with Crippen LogP contribution in [0.15, 0.2) is 36.4 Å². The Hall–Kier alpha value is -2.92. The molecule has 1 atom stereocenters. The Balaban J connectivity index is 1.87. The van der Waals surface area contributed by atoms with Crippen molar-refractivity contribution in [3.8, 4) is 5.69 Å². The number of anilines is 1. The minimum absolute atomic E-state index is 0.0484. The van der Waals surface area contributed by atoms with Gasteiger partial charge in [0.15, 0.2) is 5.78 Å². The molecule has 1 amide bonds. The fourth-order valence-electron chi connectivity index (χ4n) is 3.96. The van der Waals surface area contributed by atoms with E-state index < -0.39 is 5.92 Å². The van der Waals surface area contributed by atoms with Crippen LogP contribution in [0.5, 0.6) is 0 Å². The van der Waals surface area contributed by atoms with E-state index in [0.29, 0.717) is 16.4 Å². The van der Waals surface area contributed by atoms with Gasteiger partial charge in [-0.25, -0.2) is 4.68 Å². The molecule has 0 spiro atoms. The van der Waals surface area contributed by atoms with Gasteiger partial charge in [-0.05, 0) is 57.0 Å². The van der Waals surface area contributed by atoms with Gasteiger partial charge in [0, 0.05) is 22.6 Å². The number of carbonyl (C=O) groups excluding carboxylic acids is 2. The predicted molar refractivity (Wildman–Crippen MR) is 114 cm³/mol. The van der Waals surface area contributed by atoms with Crippen molar-refractivity contribution < 1.29 is 9.59 Å². The van der Waals surface area contributed by atoms with Crippen molar-refractivity contribution in [1.29, 1.82) is 0 Å². The number of benzene rings is 2. The molecule has 4 rings (SSSR count). The minimum Gasteiger partial charge on any atom is -0.310 e. The van der Waals surface area contributed by atoms with Crippen molar-refractivity contribution in [3.63, 3.8) is 0 Å². The second kappa shape index (κ2) is 7.16. The van der Waals surface area contributed by atoms with E-state index in [1.165, 1.54) is 0 Å². The van der Waals surface area contributed by atoms with E-state index in [-0.39, 0.29) is 18.1 Å². The molecule has 1 aliphatic heterocycles. The molecule has 2 aromatic carbocycles. The quantitative estimate of drug-likeness (QED) is 0.616. The van der Waals surface area contributed by atoms with Crippen LogP contribution in [0, 0.1) is 27.7 Å². The molecule has 5 nitrogen and oxygen atoms in total. The summed E-state index contributed by atoms with van der Waals surface area (Å²) in [6.45, 7) is 7.66. The van der Waals surface area contributed by atoms with E-state index in [9.17, 15) is 9.59 Å². The number of amides is 1. The molecular weight excluding hydrogens is 386 g/mol. The third-order valence-corrected chi connectivity index (χ3v) is 5.95. The predicted octanol–water partition coefficient (Wildman–Crippen LogP) is 5.07. The maximum Gasteiger partial charge on any atom is 0.226 e. The summed E-state index contributed by atoms with van der Waals surface area (Å²) in [6.07, 6.45) is 0.111. The zero-order valence-electron chi connectivity index (χ0n) is 16.8. The number of hydrogen-bond donors (Lipinski definition) is 1. The van der Waals surface area contributed by atoms with Crippen LogP contribution >= 0.6 is 11.6 Å². The molecule has 1 aromatic heterocycles. The second-order valence-corrected chi connectivity index (χ2v) is 8.04. The molecule has 1 N–H and O–H groups in total. The number of Topliss-reactive ketones (excluding diaryl/α,β-unsaturated/α-hetero) is 1. The van der Waals surface area contributed by atoms with Gasteiger partial charge in [0.1, 0.15) is 5.82 Å². The SMILES string of the molecule is Cc1ccc(C)c(C(=O)[C@H]2CC(=O)Nc3c2c(C)nn3-c2cccc(Cl)c2C)c1. The van der Waals surface area contributed by atoms with E-state index in [2.05, 4.69) is 10.4 Å². The van der Waals surface area contributed by atoms with E-state index >= 15 is 0 Å². The number of nitrogens with one attached hydrogen (secondary N) is 1. The molecule has 1 aliphatic rings. The molecule has 0 fully saturated rings. The standard InChI is InChI=1S/C23H22ClN3O2/c1-12-8-9-13(2)16(10-12)22(29)17-11-20(28)25-23-21(17)15(4)26-27(23)19-7-5-6-18(24)14(19)3/h5-10,17H,11H2,1-4H3,(H,25,28)/t17-/m0/s1. The van der Waals surface area contributed by atoms with Crippen LogP contribution < -0.4 is 5.32 Å². The number of aryl methyl sites for hydroxylation is 3. The molecule has 0 saturated carbocycles. The summed E-state index contributed by atoms with van der Waals surface area (Å²) in [5, 5.41) is 8.20. The van der Waals surface area contributed by atoms with Crippen LogP contribution in [0.1, 0.15) is 50.6 Å². The monoisotopic (exact) mass is 407 g/mol. The highest BCUT2D eigenvalue weighted by Gasteiger charge is 2.37. The normalized spacial score (nSPS) is 15.8. The van der Waals surface area contributed by atoms with E-state index in [1.807, 2.05) is 64.1 Å². The second-order valence-electron chi connectivity index (χ2n) is 7.63. The molecule has 0 saturated heterocycles. The van der Waals surface area contributed by atoms with Crippen molar-refractivity contribution in [1.82, 2.24) is 9.78 Å². The average molecular weight is 408 g/mol. The summed E-state index contributed by atoms with van der Waals surface area (Å²) in [4.78, 5) is 26.0. The Morgan fingerprint density at radius 3 is 2.69 bits per heavy atom. The lowest BCUT2D eigenvalue weighted by Crippen LogP contribution is -2.29. The number of ketones is 1. The third kappa shape index (κ3) is 3.25. The lowest BCUT2D eigenvalue weighted by molar-refractivity contribution is -0.116. The van der Waals surface area contributed by atoms with Crippen LogP contribution in [0.2, 0.25) is 5.02 Å². The highest BCUT2D eigenvalue weighted by atomic mass is 35.5. The van der Waals surface area contributed by atoms with Crippen molar-refractivity contribution in [2.45, 2.75) is 40.0 Å². The topological polar surface area (TPSA) is 64.0 Å². The van der Waals surface area contributed by atoms with Gasteiger partial charge in [0.05, 0.1) is 17.3 Å². The van der Waals surface area contributed by atoms with Crippen molar-refractivity contribution in [2.24, 2.45) is 0 Å². The van der Waals surface area contributed by atoms with Crippen LogP contribution in [-0.2, 0) is 4.79 Å².